The van der Waals surface area contributed by atoms with Gasteiger partial charge in [0.2, 0.25) is 0 Å². The first-order valence-corrected chi connectivity index (χ1v) is 7.72. The molecule has 0 spiro atoms. The number of carbonyl (C=O) groups is 1. The Bertz CT molecular complexity index is 443. The van der Waals surface area contributed by atoms with Crippen molar-refractivity contribution in [2.24, 2.45) is 0 Å². The Morgan fingerprint density at radius 2 is 2.10 bits per heavy atom. The molecule has 1 unspecified atom stereocenters. The Balaban J connectivity index is 1.77. The van der Waals surface area contributed by atoms with E-state index in [1.54, 1.807) is 0 Å². The molecule has 118 valence electrons. The largest absolute Gasteiger partial charge is 0.444 e. The van der Waals surface area contributed by atoms with E-state index in [-0.39, 0.29) is 6.09 Å². The molecule has 1 saturated heterocycles. The number of nitrogens with zero attached hydrogens (tertiary/aromatic N) is 1. The van der Waals surface area contributed by atoms with Gasteiger partial charge in [-0.25, -0.2) is 4.79 Å². The first-order valence-electron chi connectivity index (χ1n) is 7.72. The SMILES string of the molecule is CC(NC1CCN(C(=O)OC(C)(C)C)CC1)c1ccc[nH]1. The van der Waals surface area contributed by atoms with Gasteiger partial charge in [0.25, 0.3) is 0 Å². The number of amides is 1. The lowest BCUT2D eigenvalue weighted by Gasteiger charge is -2.34. The zero-order chi connectivity index (χ0) is 15.5. The van der Waals surface area contributed by atoms with Gasteiger partial charge in [-0.05, 0) is 52.7 Å². The predicted octanol–water partition coefficient (Wildman–Crippen LogP) is 3.06. The molecule has 0 radical (unpaired) electrons. The Morgan fingerprint density at radius 1 is 1.43 bits per heavy atom. The van der Waals surface area contributed by atoms with Crippen LogP contribution in [0.1, 0.15) is 52.3 Å². The van der Waals surface area contributed by atoms with Gasteiger partial charge < -0.3 is 19.9 Å². The molecule has 2 heterocycles. The molecule has 5 heteroatoms. The third-order valence-electron chi connectivity index (χ3n) is 3.72. The van der Waals surface area contributed by atoms with Crippen LogP contribution in [0.3, 0.4) is 0 Å². The third kappa shape index (κ3) is 4.77. The first-order chi connectivity index (χ1) is 9.85. The number of hydrogen-bond donors (Lipinski definition) is 2. The van der Waals surface area contributed by atoms with Crippen LogP contribution in [-0.4, -0.2) is 40.7 Å². The van der Waals surface area contributed by atoms with E-state index in [9.17, 15) is 4.79 Å². The molecule has 1 amide bonds. The van der Waals surface area contributed by atoms with Gasteiger partial charge in [0.05, 0.1) is 0 Å². The van der Waals surface area contributed by atoms with Crippen molar-refractivity contribution in [3.05, 3.63) is 24.0 Å². The second-order valence-corrected chi connectivity index (χ2v) is 6.76. The molecule has 0 bridgehead atoms. The standard InChI is InChI=1S/C16H27N3O2/c1-12(14-6-5-9-17-14)18-13-7-10-19(11-8-13)15(20)21-16(2,3)4/h5-6,9,12-13,17-18H,7-8,10-11H2,1-4H3. The van der Waals surface area contributed by atoms with Crippen LogP contribution < -0.4 is 5.32 Å². The molecule has 5 nitrogen and oxygen atoms in total. The highest BCUT2D eigenvalue weighted by molar-refractivity contribution is 5.68. The fraction of sp³-hybridized carbons (Fsp3) is 0.688. The van der Waals surface area contributed by atoms with Gasteiger partial charge in [-0.1, -0.05) is 0 Å². The second kappa shape index (κ2) is 6.52. The van der Waals surface area contributed by atoms with E-state index >= 15 is 0 Å². The van der Waals surface area contributed by atoms with Gasteiger partial charge in [0, 0.05) is 37.1 Å². The highest BCUT2D eigenvalue weighted by Gasteiger charge is 2.27. The van der Waals surface area contributed by atoms with E-state index < -0.39 is 5.60 Å². The Labute approximate surface area is 127 Å². The molecule has 1 aromatic heterocycles. The molecule has 1 atom stereocenters. The van der Waals surface area contributed by atoms with Crippen molar-refractivity contribution in [2.75, 3.05) is 13.1 Å². The summed E-state index contributed by atoms with van der Waals surface area (Å²) in [5.74, 6) is 0. The fourth-order valence-electron chi connectivity index (χ4n) is 2.61. The molecule has 1 aromatic rings. The van der Waals surface area contributed by atoms with Crippen molar-refractivity contribution < 1.29 is 9.53 Å². The summed E-state index contributed by atoms with van der Waals surface area (Å²) < 4.78 is 5.41. The van der Waals surface area contributed by atoms with E-state index in [0.29, 0.717) is 12.1 Å². The molecule has 1 aliphatic rings. The van der Waals surface area contributed by atoms with Crippen LogP contribution in [-0.2, 0) is 4.74 Å². The number of ether oxygens (including phenoxy) is 1. The first kappa shape index (κ1) is 15.9. The topological polar surface area (TPSA) is 57.4 Å². The number of hydrogen-bond acceptors (Lipinski definition) is 3. The lowest BCUT2D eigenvalue weighted by Crippen LogP contribution is -2.47. The quantitative estimate of drug-likeness (QED) is 0.900. The second-order valence-electron chi connectivity index (χ2n) is 6.76. The summed E-state index contributed by atoms with van der Waals surface area (Å²) >= 11 is 0. The smallest absolute Gasteiger partial charge is 0.410 e. The average Bonchev–Trinajstić information content (AvgIpc) is 2.91. The number of piperidine rings is 1. The molecule has 1 fully saturated rings. The van der Waals surface area contributed by atoms with Crippen LogP contribution in [0.4, 0.5) is 4.79 Å². The maximum atomic E-state index is 12.0. The zero-order valence-corrected chi connectivity index (χ0v) is 13.5. The van der Waals surface area contributed by atoms with E-state index in [0.717, 1.165) is 25.9 Å². The summed E-state index contributed by atoms with van der Waals surface area (Å²) in [5.41, 5.74) is 0.776. The van der Waals surface area contributed by atoms with Crippen molar-refractivity contribution >= 4 is 6.09 Å². The molecule has 0 aromatic carbocycles. The number of carbonyl (C=O) groups excluding carboxylic acids is 1. The van der Waals surface area contributed by atoms with Crippen LogP contribution in [0.2, 0.25) is 0 Å². The molecular weight excluding hydrogens is 266 g/mol. The van der Waals surface area contributed by atoms with E-state index in [4.69, 9.17) is 4.74 Å². The fourth-order valence-corrected chi connectivity index (χ4v) is 2.61. The van der Waals surface area contributed by atoms with E-state index in [2.05, 4.69) is 23.3 Å². The highest BCUT2D eigenvalue weighted by Crippen LogP contribution is 2.18. The van der Waals surface area contributed by atoms with Crippen LogP contribution in [0.25, 0.3) is 0 Å². The Kier molecular flexibility index (Phi) is 4.93. The minimum Gasteiger partial charge on any atom is -0.444 e. The third-order valence-corrected chi connectivity index (χ3v) is 3.72. The van der Waals surface area contributed by atoms with Crippen molar-refractivity contribution in [1.82, 2.24) is 15.2 Å². The van der Waals surface area contributed by atoms with Gasteiger partial charge >= 0.3 is 6.09 Å². The molecule has 1 aliphatic heterocycles. The number of aromatic nitrogens is 1. The minimum atomic E-state index is -0.422. The van der Waals surface area contributed by atoms with Crippen molar-refractivity contribution in [3.8, 4) is 0 Å². The van der Waals surface area contributed by atoms with Gasteiger partial charge in [-0.15, -0.1) is 0 Å². The molecular formula is C16H27N3O2. The minimum absolute atomic E-state index is 0.196. The summed E-state index contributed by atoms with van der Waals surface area (Å²) in [4.78, 5) is 17.0. The molecule has 2 N–H and O–H groups in total. The summed E-state index contributed by atoms with van der Waals surface area (Å²) in [7, 11) is 0. The summed E-state index contributed by atoms with van der Waals surface area (Å²) in [5, 5.41) is 3.62. The van der Waals surface area contributed by atoms with Gasteiger partial charge in [-0.3, -0.25) is 0 Å². The van der Waals surface area contributed by atoms with Crippen LogP contribution in [0, 0.1) is 0 Å². The van der Waals surface area contributed by atoms with Crippen LogP contribution in [0.5, 0.6) is 0 Å². The van der Waals surface area contributed by atoms with Gasteiger partial charge in [0.1, 0.15) is 5.60 Å². The number of aromatic amines is 1. The van der Waals surface area contributed by atoms with Crippen molar-refractivity contribution in [2.45, 2.75) is 58.2 Å². The van der Waals surface area contributed by atoms with Crippen molar-refractivity contribution in [1.29, 1.82) is 0 Å². The number of rotatable bonds is 3. The average molecular weight is 293 g/mol. The predicted molar refractivity (Wildman–Crippen MR) is 83.2 cm³/mol. The Morgan fingerprint density at radius 3 is 2.62 bits per heavy atom. The normalized spacial score (nSPS) is 18.6. The zero-order valence-electron chi connectivity index (χ0n) is 13.5. The van der Waals surface area contributed by atoms with Gasteiger partial charge in [0.15, 0.2) is 0 Å². The van der Waals surface area contributed by atoms with E-state index in [1.165, 1.54) is 5.69 Å². The molecule has 2 rings (SSSR count). The van der Waals surface area contributed by atoms with Gasteiger partial charge in [-0.2, -0.15) is 0 Å². The lowest BCUT2D eigenvalue weighted by molar-refractivity contribution is 0.0196. The maximum absolute atomic E-state index is 12.0. The summed E-state index contributed by atoms with van der Waals surface area (Å²) in [6.07, 6.45) is 3.67. The van der Waals surface area contributed by atoms with Crippen LogP contribution >= 0.6 is 0 Å². The summed E-state index contributed by atoms with van der Waals surface area (Å²) in [6, 6.07) is 4.85. The number of likely N-dealkylation sites (tertiary alicyclic amines) is 1. The number of nitrogens with one attached hydrogen (secondary N) is 2. The van der Waals surface area contributed by atoms with Crippen molar-refractivity contribution in [3.63, 3.8) is 0 Å². The van der Waals surface area contributed by atoms with E-state index in [1.807, 2.05) is 37.9 Å². The van der Waals surface area contributed by atoms with Crippen LogP contribution in [0.15, 0.2) is 18.3 Å². The maximum Gasteiger partial charge on any atom is 0.410 e. The molecule has 0 saturated carbocycles. The monoisotopic (exact) mass is 293 g/mol. The molecule has 0 aliphatic carbocycles. The lowest BCUT2D eigenvalue weighted by atomic mass is 10.0. The number of H-pyrrole nitrogens is 1. The molecule has 21 heavy (non-hydrogen) atoms. The summed E-state index contributed by atoms with van der Waals surface area (Å²) in [6.45, 7) is 9.37. The highest BCUT2D eigenvalue weighted by atomic mass is 16.6. The Hall–Kier alpha value is -1.49.